The van der Waals surface area contributed by atoms with Crippen LogP contribution >= 0.6 is 11.8 Å². The smallest absolute Gasteiger partial charge is 0.331 e. The van der Waals surface area contributed by atoms with E-state index in [1.54, 1.807) is 0 Å². The Labute approximate surface area is 160 Å². The van der Waals surface area contributed by atoms with Crippen molar-refractivity contribution < 1.29 is 19.1 Å². The van der Waals surface area contributed by atoms with Crippen LogP contribution in [0.1, 0.15) is 24.8 Å². The zero-order chi connectivity index (χ0) is 19.5. The van der Waals surface area contributed by atoms with Crippen LogP contribution in [-0.4, -0.2) is 37.0 Å². The quantitative estimate of drug-likeness (QED) is 0.241. The first-order valence-electron chi connectivity index (χ1n) is 8.12. The van der Waals surface area contributed by atoms with Gasteiger partial charge in [0.1, 0.15) is 5.75 Å². The fourth-order valence-electron chi connectivity index (χ4n) is 1.97. The number of ether oxygens (including phenoxy) is 2. The summed E-state index contributed by atoms with van der Waals surface area (Å²) >= 11 is 1.01. The number of unbranched alkanes of at least 4 members (excludes halogenated alkanes) is 2. The Hall–Kier alpha value is -3.12. The standard InChI is InChI=1S/C18H18N4O4S/c1-25-16(23)11-15-17(24)21-18(27-15)22-20-12-13-6-5-7-14(10-13)26-9-4-2-3-8-19/h5-7,10-12H,2-4,9H2,1H3,(H,21,22,24)/b15-11+,20-12?. The van der Waals surface area contributed by atoms with Gasteiger partial charge in [0.25, 0.3) is 5.91 Å². The Morgan fingerprint density at radius 1 is 1.41 bits per heavy atom. The number of carbonyl (C=O) groups is 2. The molecule has 140 valence electrons. The van der Waals surface area contributed by atoms with E-state index in [-0.39, 0.29) is 10.1 Å². The summed E-state index contributed by atoms with van der Waals surface area (Å²) in [4.78, 5) is 23.1. The van der Waals surface area contributed by atoms with Crippen molar-refractivity contribution in [1.82, 2.24) is 5.32 Å². The molecule has 1 aliphatic heterocycles. The van der Waals surface area contributed by atoms with Crippen molar-refractivity contribution in [3.8, 4) is 11.8 Å². The van der Waals surface area contributed by atoms with E-state index in [1.165, 1.54) is 13.3 Å². The van der Waals surface area contributed by atoms with Crippen LogP contribution in [-0.2, 0) is 14.3 Å². The number of carbonyl (C=O) groups excluding carboxylic acids is 2. The number of nitriles is 1. The van der Waals surface area contributed by atoms with Crippen LogP contribution in [0.25, 0.3) is 0 Å². The molecule has 0 atom stereocenters. The third-order valence-corrected chi connectivity index (χ3v) is 4.17. The van der Waals surface area contributed by atoms with E-state index in [0.29, 0.717) is 18.8 Å². The largest absolute Gasteiger partial charge is 0.494 e. The average Bonchev–Trinajstić information content (AvgIpc) is 3.01. The fourth-order valence-corrected chi connectivity index (χ4v) is 2.71. The van der Waals surface area contributed by atoms with Gasteiger partial charge in [-0.1, -0.05) is 12.1 Å². The predicted octanol–water partition coefficient (Wildman–Crippen LogP) is 2.37. The first kappa shape index (κ1) is 20.2. The number of rotatable bonds is 8. The zero-order valence-corrected chi connectivity index (χ0v) is 15.5. The van der Waals surface area contributed by atoms with Crippen LogP contribution in [0.3, 0.4) is 0 Å². The molecule has 2 rings (SSSR count). The highest BCUT2D eigenvalue weighted by atomic mass is 32.2. The van der Waals surface area contributed by atoms with Gasteiger partial charge in [0.05, 0.1) is 30.9 Å². The molecule has 0 bridgehead atoms. The molecule has 0 aliphatic carbocycles. The SMILES string of the molecule is COC(=O)/C=C1/S/C(=N\N=Cc2cccc(OCCCCC#N)c2)NC1=O. The van der Waals surface area contributed by atoms with Crippen LogP contribution in [0.2, 0.25) is 0 Å². The second kappa shape index (κ2) is 10.8. The molecular weight excluding hydrogens is 368 g/mol. The van der Waals surface area contributed by atoms with Crippen molar-refractivity contribution >= 4 is 35.0 Å². The van der Waals surface area contributed by atoms with Crippen LogP contribution in [0.15, 0.2) is 45.4 Å². The van der Waals surface area contributed by atoms with E-state index in [0.717, 1.165) is 36.2 Å². The monoisotopic (exact) mass is 386 g/mol. The van der Waals surface area contributed by atoms with Gasteiger partial charge in [-0.3, -0.25) is 10.1 Å². The number of methoxy groups -OCH3 is 1. The molecule has 1 N–H and O–H groups in total. The minimum atomic E-state index is -0.609. The van der Waals surface area contributed by atoms with Gasteiger partial charge in [0.15, 0.2) is 5.17 Å². The molecular formula is C18H18N4O4S. The first-order valence-corrected chi connectivity index (χ1v) is 8.93. The molecule has 1 aliphatic rings. The van der Waals surface area contributed by atoms with E-state index >= 15 is 0 Å². The third kappa shape index (κ3) is 6.95. The number of thioether (sulfide) groups is 1. The van der Waals surface area contributed by atoms with Crippen molar-refractivity contribution in [1.29, 1.82) is 5.26 Å². The van der Waals surface area contributed by atoms with E-state index in [4.69, 9.17) is 10.00 Å². The van der Waals surface area contributed by atoms with Gasteiger partial charge in [0, 0.05) is 12.5 Å². The molecule has 8 nitrogen and oxygen atoms in total. The van der Waals surface area contributed by atoms with E-state index < -0.39 is 11.9 Å². The van der Waals surface area contributed by atoms with E-state index in [2.05, 4.69) is 26.3 Å². The van der Waals surface area contributed by atoms with E-state index in [9.17, 15) is 9.59 Å². The number of hydrogen-bond donors (Lipinski definition) is 1. The molecule has 0 spiro atoms. The summed E-state index contributed by atoms with van der Waals surface area (Å²) < 4.78 is 10.1. The van der Waals surface area contributed by atoms with Crippen LogP contribution in [0, 0.1) is 11.3 Å². The molecule has 1 amide bonds. The first-order chi connectivity index (χ1) is 13.1. The minimum Gasteiger partial charge on any atom is -0.494 e. The lowest BCUT2D eigenvalue weighted by Crippen LogP contribution is -2.19. The maximum Gasteiger partial charge on any atom is 0.331 e. The van der Waals surface area contributed by atoms with Crippen LogP contribution in [0.5, 0.6) is 5.75 Å². The van der Waals surface area contributed by atoms with Gasteiger partial charge in [-0.15, -0.1) is 5.10 Å². The average molecular weight is 386 g/mol. The summed E-state index contributed by atoms with van der Waals surface area (Å²) in [5, 5.41) is 19.2. The Kier molecular flexibility index (Phi) is 8.06. The number of amides is 1. The Bertz CT molecular complexity index is 827. The third-order valence-electron chi connectivity index (χ3n) is 3.27. The highest BCUT2D eigenvalue weighted by Crippen LogP contribution is 2.23. The highest BCUT2D eigenvalue weighted by Gasteiger charge is 2.24. The molecule has 27 heavy (non-hydrogen) atoms. The summed E-state index contributed by atoms with van der Waals surface area (Å²) in [6.45, 7) is 0.544. The second-order valence-corrected chi connectivity index (χ2v) is 6.30. The topological polar surface area (TPSA) is 113 Å². The van der Waals surface area contributed by atoms with Crippen molar-refractivity contribution in [2.24, 2.45) is 10.2 Å². The normalized spacial score (nSPS) is 16.5. The van der Waals surface area contributed by atoms with Gasteiger partial charge in [-0.25, -0.2) is 4.79 Å². The Morgan fingerprint density at radius 3 is 3.04 bits per heavy atom. The molecule has 1 aromatic carbocycles. The number of hydrogen-bond acceptors (Lipinski definition) is 8. The molecule has 0 radical (unpaired) electrons. The van der Waals surface area contributed by atoms with Gasteiger partial charge < -0.3 is 9.47 Å². The summed E-state index contributed by atoms with van der Waals surface area (Å²) in [5.74, 6) is -0.330. The molecule has 1 saturated heterocycles. The fraction of sp³-hybridized carbons (Fsp3) is 0.278. The summed E-state index contributed by atoms with van der Waals surface area (Å²) in [6.07, 6.45) is 4.79. The molecule has 0 unspecified atom stereocenters. The van der Waals surface area contributed by atoms with Crippen LogP contribution in [0.4, 0.5) is 0 Å². The van der Waals surface area contributed by atoms with Crippen molar-refractivity contribution in [3.63, 3.8) is 0 Å². The minimum absolute atomic E-state index is 0.197. The molecule has 1 heterocycles. The Balaban J connectivity index is 1.91. The molecule has 0 aromatic heterocycles. The van der Waals surface area contributed by atoms with Gasteiger partial charge in [-0.05, 0) is 42.3 Å². The molecule has 9 heteroatoms. The number of nitrogens with one attached hydrogen (secondary N) is 1. The molecule has 1 fully saturated rings. The lowest BCUT2D eigenvalue weighted by atomic mass is 10.2. The zero-order valence-electron chi connectivity index (χ0n) is 14.7. The predicted molar refractivity (Wildman–Crippen MR) is 102 cm³/mol. The van der Waals surface area contributed by atoms with Gasteiger partial charge in [-0.2, -0.15) is 10.4 Å². The van der Waals surface area contributed by atoms with Gasteiger partial charge >= 0.3 is 5.97 Å². The lowest BCUT2D eigenvalue weighted by Gasteiger charge is -2.05. The van der Waals surface area contributed by atoms with Crippen molar-refractivity contribution in [3.05, 3.63) is 40.8 Å². The van der Waals surface area contributed by atoms with Crippen molar-refractivity contribution in [2.75, 3.05) is 13.7 Å². The number of benzene rings is 1. The van der Waals surface area contributed by atoms with E-state index in [1.807, 2.05) is 24.3 Å². The molecule has 1 aromatic rings. The van der Waals surface area contributed by atoms with Crippen LogP contribution < -0.4 is 10.1 Å². The maximum absolute atomic E-state index is 11.7. The Morgan fingerprint density at radius 2 is 2.26 bits per heavy atom. The summed E-state index contributed by atoms with van der Waals surface area (Å²) in [6, 6.07) is 9.43. The number of amidine groups is 1. The van der Waals surface area contributed by atoms with Gasteiger partial charge in [0.2, 0.25) is 0 Å². The highest BCUT2D eigenvalue weighted by molar-refractivity contribution is 8.18. The van der Waals surface area contributed by atoms with Crippen molar-refractivity contribution in [2.45, 2.75) is 19.3 Å². The maximum atomic E-state index is 11.7. The second-order valence-electron chi connectivity index (χ2n) is 5.27. The lowest BCUT2D eigenvalue weighted by molar-refractivity contribution is -0.135. The summed E-state index contributed by atoms with van der Waals surface area (Å²) in [5.41, 5.74) is 0.786. The molecule has 0 saturated carbocycles. The summed E-state index contributed by atoms with van der Waals surface area (Å²) in [7, 11) is 1.24. The number of esters is 1. The number of nitrogens with zero attached hydrogens (tertiary/aromatic N) is 3.